The summed E-state index contributed by atoms with van der Waals surface area (Å²) >= 11 is 6.38. The third-order valence-corrected chi connectivity index (χ3v) is 4.01. The molecule has 112 valence electrons. The van der Waals surface area contributed by atoms with Gasteiger partial charge in [-0.2, -0.15) is 10.4 Å². The summed E-state index contributed by atoms with van der Waals surface area (Å²) in [6.07, 6.45) is 0. The maximum atomic E-state index is 9.78. The van der Waals surface area contributed by atoms with Gasteiger partial charge in [-0.1, -0.05) is 41.9 Å². The Kier molecular flexibility index (Phi) is 3.67. The van der Waals surface area contributed by atoms with Crippen LogP contribution in [-0.2, 0) is 0 Å². The Labute approximate surface area is 134 Å². The Bertz CT molecular complexity index is 853. The van der Waals surface area contributed by atoms with Crippen molar-refractivity contribution >= 4 is 28.1 Å². The van der Waals surface area contributed by atoms with E-state index in [0.717, 1.165) is 27.5 Å². The van der Waals surface area contributed by atoms with Crippen molar-refractivity contribution < 1.29 is 10.4 Å². The van der Waals surface area contributed by atoms with Gasteiger partial charge in [0, 0.05) is 22.5 Å². The Morgan fingerprint density at radius 1 is 0.909 bits per heavy atom. The van der Waals surface area contributed by atoms with Crippen molar-refractivity contribution in [2.24, 2.45) is 0 Å². The Morgan fingerprint density at radius 2 is 1.59 bits per heavy atom. The number of aryl methyl sites for hydroxylation is 1. The Balaban J connectivity index is 2.21. The van der Waals surface area contributed by atoms with Crippen LogP contribution >= 0.6 is 11.6 Å². The average Bonchev–Trinajstić information content (AvgIpc) is 2.45. The highest BCUT2D eigenvalue weighted by atomic mass is 35.5. The molecule has 3 aromatic carbocycles. The smallest absolute Gasteiger partial charge is 0.177 e. The number of fused-ring (bicyclic) bond motifs is 1. The molecular weight excluding hydrogens is 298 g/mol. The number of quaternary nitrogens is 1. The number of hydroxylamine groups is 2. The van der Waals surface area contributed by atoms with E-state index < -0.39 is 4.81 Å². The minimum atomic E-state index is -1.20. The molecule has 0 aliphatic heterocycles. The summed E-state index contributed by atoms with van der Waals surface area (Å²) in [6, 6.07) is 17.4. The number of halogens is 1. The molecule has 0 fully saturated rings. The first-order chi connectivity index (χ1) is 10.3. The fourth-order valence-corrected chi connectivity index (χ4v) is 2.89. The second kappa shape index (κ2) is 5.38. The third-order valence-electron chi connectivity index (χ3n) is 3.70. The van der Waals surface area contributed by atoms with Crippen LogP contribution in [0.4, 0.5) is 5.69 Å². The number of nitrogens with zero attached hydrogens (tertiary/aromatic N) is 1. The molecule has 0 saturated heterocycles. The van der Waals surface area contributed by atoms with Crippen LogP contribution in [0.3, 0.4) is 0 Å². The van der Waals surface area contributed by atoms with Crippen molar-refractivity contribution in [3.05, 3.63) is 65.2 Å². The van der Waals surface area contributed by atoms with Gasteiger partial charge in [0.15, 0.2) is 5.69 Å². The molecule has 0 aliphatic rings. The summed E-state index contributed by atoms with van der Waals surface area (Å²) in [5.74, 6) is 0. The summed E-state index contributed by atoms with van der Waals surface area (Å²) in [5, 5.41) is 22.3. The molecule has 0 spiro atoms. The van der Waals surface area contributed by atoms with Crippen molar-refractivity contribution in [2.75, 3.05) is 7.05 Å². The average molecular weight is 315 g/mol. The molecule has 3 aromatic rings. The SMILES string of the molecule is Cc1cc(-c2cc(Cl)c3ccccc3c2)cc([N+](C)(O)O)c1. The highest BCUT2D eigenvalue weighted by molar-refractivity contribution is 6.35. The van der Waals surface area contributed by atoms with E-state index in [1.807, 2.05) is 43.3 Å². The van der Waals surface area contributed by atoms with E-state index in [-0.39, 0.29) is 0 Å². The summed E-state index contributed by atoms with van der Waals surface area (Å²) in [7, 11) is 1.30. The molecule has 0 heterocycles. The first-order valence-corrected chi connectivity index (χ1v) is 7.35. The quantitative estimate of drug-likeness (QED) is 0.505. The summed E-state index contributed by atoms with van der Waals surface area (Å²) < 4.78 is 0. The van der Waals surface area contributed by atoms with Crippen molar-refractivity contribution in [3.8, 4) is 11.1 Å². The summed E-state index contributed by atoms with van der Waals surface area (Å²) in [6.45, 7) is 1.92. The molecule has 0 amide bonds. The molecule has 2 N–H and O–H groups in total. The fraction of sp³-hybridized carbons (Fsp3) is 0.111. The zero-order chi connectivity index (χ0) is 15.9. The van der Waals surface area contributed by atoms with Crippen molar-refractivity contribution in [1.29, 1.82) is 0 Å². The molecule has 0 bridgehead atoms. The summed E-state index contributed by atoms with van der Waals surface area (Å²) in [5.41, 5.74) is 3.20. The van der Waals surface area contributed by atoms with Crippen LogP contribution in [0.1, 0.15) is 5.56 Å². The molecule has 0 radical (unpaired) electrons. The van der Waals surface area contributed by atoms with Gasteiger partial charge in [-0.15, -0.1) is 0 Å². The van der Waals surface area contributed by atoms with Crippen LogP contribution in [0.2, 0.25) is 5.02 Å². The molecule has 3 nitrogen and oxygen atoms in total. The van der Waals surface area contributed by atoms with E-state index in [0.29, 0.717) is 10.7 Å². The number of hydrogen-bond acceptors (Lipinski definition) is 2. The van der Waals surface area contributed by atoms with Gasteiger partial charge in [-0.25, -0.2) is 0 Å². The van der Waals surface area contributed by atoms with E-state index in [9.17, 15) is 10.4 Å². The lowest BCUT2D eigenvalue weighted by Gasteiger charge is -2.17. The molecule has 0 unspecified atom stereocenters. The van der Waals surface area contributed by atoms with Gasteiger partial charge >= 0.3 is 0 Å². The van der Waals surface area contributed by atoms with Crippen LogP contribution in [0.25, 0.3) is 21.9 Å². The lowest BCUT2D eigenvalue weighted by molar-refractivity contribution is -0.272. The van der Waals surface area contributed by atoms with Crippen molar-refractivity contribution in [2.45, 2.75) is 6.92 Å². The zero-order valence-corrected chi connectivity index (χ0v) is 13.2. The van der Waals surface area contributed by atoms with Gasteiger partial charge in [0.2, 0.25) is 0 Å². The normalized spacial score (nSPS) is 11.9. The first kappa shape index (κ1) is 15.0. The van der Waals surface area contributed by atoms with Gasteiger partial charge in [0.25, 0.3) is 0 Å². The molecular formula is C18H17ClNO2+. The van der Waals surface area contributed by atoms with Crippen LogP contribution in [0, 0.1) is 6.92 Å². The number of rotatable bonds is 2. The van der Waals surface area contributed by atoms with Crippen LogP contribution < -0.4 is 4.81 Å². The van der Waals surface area contributed by atoms with E-state index in [4.69, 9.17) is 11.6 Å². The summed E-state index contributed by atoms with van der Waals surface area (Å²) in [4.78, 5) is -1.20. The first-order valence-electron chi connectivity index (χ1n) is 6.97. The standard InChI is InChI=1S/C18H17ClNO2/c1-12-7-14(10-16(8-12)20(2,21)22)15-9-13-5-3-4-6-17(13)18(19)11-15/h3-11,21-22H,1-2H3/q+1. The van der Waals surface area contributed by atoms with Crippen LogP contribution in [0.15, 0.2) is 54.6 Å². The highest BCUT2D eigenvalue weighted by Gasteiger charge is 2.21. The molecule has 4 heteroatoms. The molecule has 0 aliphatic carbocycles. The highest BCUT2D eigenvalue weighted by Crippen LogP contribution is 2.33. The Hall–Kier alpha value is -1.91. The fourth-order valence-electron chi connectivity index (χ4n) is 2.60. The monoisotopic (exact) mass is 314 g/mol. The van der Waals surface area contributed by atoms with E-state index >= 15 is 0 Å². The van der Waals surface area contributed by atoms with Gasteiger partial charge in [-0.3, -0.25) is 0 Å². The van der Waals surface area contributed by atoms with E-state index in [1.54, 1.807) is 12.1 Å². The molecule has 0 saturated carbocycles. The second-order valence-corrected chi connectivity index (χ2v) is 6.06. The van der Waals surface area contributed by atoms with Crippen LogP contribution in [0.5, 0.6) is 0 Å². The van der Waals surface area contributed by atoms with Crippen LogP contribution in [-0.4, -0.2) is 17.5 Å². The maximum Gasteiger partial charge on any atom is 0.200 e. The minimum absolute atomic E-state index is 0.402. The molecule has 0 atom stereocenters. The largest absolute Gasteiger partial charge is 0.200 e. The maximum absolute atomic E-state index is 9.78. The molecule has 0 aromatic heterocycles. The predicted molar refractivity (Wildman–Crippen MR) is 90.4 cm³/mol. The minimum Gasteiger partial charge on any atom is -0.177 e. The third kappa shape index (κ3) is 2.85. The van der Waals surface area contributed by atoms with Gasteiger partial charge in [0.05, 0.1) is 0 Å². The molecule has 3 rings (SSSR count). The van der Waals surface area contributed by atoms with Crippen molar-refractivity contribution in [1.82, 2.24) is 4.81 Å². The lowest BCUT2D eigenvalue weighted by atomic mass is 9.99. The second-order valence-electron chi connectivity index (χ2n) is 5.65. The zero-order valence-electron chi connectivity index (χ0n) is 12.4. The van der Waals surface area contributed by atoms with Gasteiger partial charge < -0.3 is 0 Å². The lowest BCUT2D eigenvalue weighted by Crippen LogP contribution is -2.36. The van der Waals surface area contributed by atoms with E-state index in [2.05, 4.69) is 6.07 Å². The Morgan fingerprint density at radius 3 is 2.32 bits per heavy atom. The van der Waals surface area contributed by atoms with Gasteiger partial charge in [-0.05, 0) is 45.9 Å². The number of benzene rings is 3. The number of hydrogen-bond donors (Lipinski definition) is 2. The van der Waals surface area contributed by atoms with Gasteiger partial charge in [0.1, 0.15) is 7.05 Å². The van der Waals surface area contributed by atoms with E-state index in [1.165, 1.54) is 7.05 Å². The predicted octanol–water partition coefficient (Wildman–Crippen LogP) is 5.18. The molecule has 22 heavy (non-hydrogen) atoms. The van der Waals surface area contributed by atoms with Crippen molar-refractivity contribution in [3.63, 3.8) is 0 Å². The topological polar surface area (TPSA) is 40.5 Å².